The van der Waals surface area contributed by atoms with Gasteiger partial charge in [0.15, 0.2) is 0 Å². The van der Waals surface area contributed by atoms with Gasteiger partial charge in [0.1, 0.15) is 5.01 Å². The number of benzene rings is 1. The van der Waals surface area contributed by atoms with Gasteiger partial charge in [0.2, 0.25) is 0 Å². The minimum atomic E-state index is -0.375. The lowest BCUT2D eigenvalue weighted by Crippen LogP contribution is -2.48. The summed E-state index contributed by atoms with van der Waals surface area (Å²) in [6.07, 6.45) is 0. The predicted molar refractivity (Wildman–Crippen MR) is 94.2 cm³/mol. The molecule has 0 bridgehead atoms. The first-order chi connectivity index (χ1) is 10.6. The largest absolute Gasteiger partial charge is 0.312 e. The van der Waals surface area contributed by atoms with E-state index in [-0.39, 0.29) is 23.0 Å². The number of thiazole rings is 1. The van der Waals surface area contributed by atoms with Gasteiger partial charge < -0.3 is 5.32 Å². The Morgan fingerprint density at radius 2 is 2.35 bits per heavy atom. The minimum absolute atomic E-state index is 0. The van der Waals surface area contributed by atoms with Crippen molar-refractivity contribution in [2.45, 2.75) is 19.5 Å². The highest BCUT2D eigenvalue weighted by molar-refractivity contribution is 7.13. The molecule has 0 aliphatic carbocycles. The third-order valence-electron chi connectivity index (χ3n) is 3.69. The number of piperazine rings is 1. The maximum Gasteiger partial charge on any atom is 0.270 e. The molecule has 2 aromatic rings. The van der Waals surface area contributed by atoms with Crippen molar-refractivity contribution >= 4 is 29.4 Å². The quantitative estimate of drug-likeness (QED) is 0.675. The van der Waals surface area contributed by atoms with E-state index in [0.717, 1.165) is 42.4 Å². The van der Waals surface area contributed by atoms with Crippen LogP contribution in [0.1, 0.15) is 12.6 Å². The van der Waals surface area contributed by atoms with E-state index in [2.05, 4.69) is 22.1 Å². The van der Waals surface area contributed by atoms with E-state index >= 15 is 0 Å². The first-order valence-corrected chi connectivity index (χ1v) is 8.15. The van der Waals surface area contributed by atoms with Crippen molar-refractivity contribution in [2.75, 3.05) is 19.6 Å². The molecule has 1 fully saturated rings. The number of non-ortho nitro benzene ring substituents is 1. The summed E-state index contributed by atoms with van der Waals surface area (Å²) in [5.41, 5.74) is 1.94. The van der Waals surface area contributed by atoms with Crippen molar-refractivity contribution in [3.63, 3.8) is 0 Å². The van der Waals surface area contributed by atoms with E-state index in [4.69, 9.17) is 0 Å². The van der Waals surface area contributed by atoms with Gasteiger partial charge in [0.25, 0.3) is 5.69 Å². The van der Waals surface area contributed by atoms with Crippen LogP contribution in [0.4, 0.5) is 5.69 Å². The average molecular weight is 355 g/mol. The fourth-order valence-corrected chi connectivity index (χ4v) is 3.46. The smallest absolute Gasteiger partial charge is 0.270 e. The summed E-state index contributed by atoms with van der Waals surface area (Å²) >= 11 is 1.54. The van der Waals surface area contributed by atoms with Crippen LogP contribution in [0.3, 0.4) is 0 Å². The molecule has 3 rings (SSSR count). The van der Waals surface area contributed by atoms with Crippen LogP contribution in [-0.4, -0.2) is 40.5 Å². The average Bonchev–Trinajstić information content (AvgIpc) is 2.96. The lowest BCUT2D eigenvalue weighted by atomic mass is 10.2. The zero-order valence-electron chi connectivity index (χ0n) is 12.8. The van der Waals surface area contributed by atoms with E-state index in [1.807, 2.05) is 11.4 Å². The molecule has 1 N–H and O–H groups in total. The molecule has 0 amide bonds. The number of aromatic nitrogens is 1. The Bertz CT molecular complexity index is 679. The van der Waals surface area contributed by atoms with Crippen molar-refractivity contribution < 1.29 is 4.92 Å². The predicted octanol–water partition coefficient (Wildman–Crippen LogP) is 2.93. The topological polar surface area (TPSA) is 71.3 Å². The Labute approximate surface area is 145 Å². The summed E-state index contributed by atoms with van der Waals surface area (Å²) in [5, 5.41) is 17.2. The Morgan fingerprint density at radius 3 is 3.09 bits per heavy atom. The summed E-state index contributed by atoms with van der Waals surface area (Å²) in [6, 6.07) is 7.15. The maximum absolute atomic E-state index is 10.9. The first kappa shape index (κ1) is 17.8. The van der Waals surface area contributed by atoms with Gasteiger partial charge in [-0.2, -0.15) is 0 Å². The molecule has 1 unspecified atom stereocenters. The van der Waals surface area contributed by atoms with Crippen LogP contribution >= 0.6 is 23.7 Å². The van der Waals surface area contributed by atoms with Crippen molar-refractivity contribution in [2.24, 2.45) is 0 Å². The van der Waals surface area contributed by atoms with Crippen molar-refractivity contribution in [1.29, 1.82) is 0 Å². The van der Waals surface area contributed by atoms with Crippen molar-refractivity contribution in [3.05, 3.63) is 45.5 Å². The zero-order valence-corrected chi connectivity index (χ0v) is 14.4. The first-order valence-electron chi connectivity index (χ1n) is 7.27. The highest BCUT2D eigenvalue weighted by Crippen LogP contribution is 2.27. The summed E-state index contributed by atoms with van der Waals surface area (Å²) in [5.74, 6) is 0. The summed E-state index contributed by atoms with van der Waals surface area (Å²) < 4.78 is 0. The van der Waals surface area contributed by atoms with Crippen LogP contribution in [0.2, 0.25) is 0 Å². The van der Waals surface area contributed by atoms with Gasteiger partial charge >= 0.3 is 0 Å². The van der Waals surface area contributed by atoms with Gasteiger partial charge in [0, 0.05) is 55.3 Å². The molecule has 0 spiro atoms. The molecule has 1 saturated heterocycles. The molecule has 0 saturated carbocycles. The van der Waals surface area contributed by atoms with Gasteiger partial charge in [-0.25, -0.2) is 4.98 Å². The van der Waals surface area contributed by atoms with Gasteiger partial charge in [-0.3, -0.25) is 15.0 Å². The fourth-order valence-electron chi connectivity index (χ4n) is 2.65. The molecule has 1 aliphatic rings. The van der Waals surface area contributed by atoms with E-state index in [0.29, 0.717) is 6.04 Å². The third-order valence-corrected chi connectivity index (χ3v) is 4.63. The Morgan fingerprint density at radius 1 is 1.52 bits per heavy atom. The van der Waals surface area contributed by atoms with Crippen LogP contribution in [0, 0.1) is 10.1 Å². The lowest BCUT2D eigenvalue weighted by molar-refractivity contribution is -0.384. The normalized spacial score (nSPS) is 18.4. The number of nitro benzene ring substituents is 1. The van der Waals surface area contributed by atoms with Crippen LogP contribution in [-0.2, 0) is 6.54 Å². The fraction of sp³-hybridized carbons (Fsp3) is 0.400. The molecule has 23 heavy (non-hydrogen) atoms. The molecule has 124 valence electrons. The highest BCUT2D eigenvalue weighted by atomic mass is 35.5. The molecular weight excluding hydrogens is 336 g/mol. The van der Waals surface area contributed by atoms with E-state index < -0.39 is 0 Å². The maximum atomic E-state index is 10.9. The van der Waals surface area contributed by atoms with Gasteiger partial charge in [0.05, 0.1) is 10.6 Å². The molecular formula is C15H19ClN4O2S. The number of hydrogen-bond donors (Lipinski definition) is 1. The van der Waals surface area contributed by atoms with Gasteiger partial charge in [-0.1, -0.05) is 12.1 Å². The standard InChI is InChI=1S/C15H18N4O2S.ClH/c1-11-8-18(6-5-16-11)9-13-10-22-15(17-13)12-3-2-4-14(7-12)19(20)21;/h2-4,7,10-11,16H,5-6,8-9H2,1H3;1H. The number of nitrogens with zero attached hydrogens (tertiary/aromatic N) is 3. The number of nitrogens with one attached hydrogen (secondary N) is 1. The Balaban J connectivity index is 0.00000192. The molecule has 1 aromatic heterocycles. The Hall–Kier alpha value is -1.54. The third kappa shape index (κ3) is 4.48. The van der Waals surface area contributed by atoms with Crippen LogP contribution in [0.5, 0.6) is 0 Å². The second kappa shape index (κ2) is 7.83. The van der Waals surface area contributed by atoms with Crippen LogP contribution < -0.4 is 5.32 Å². The summed E-state index contributed by atoms with van der Waals surface area (Å²) in [7, 11) is 0. The molecule has 2 heterocycles. The van der Waals surface area contributed by atoms with E-state index in [9.17, 15) is 10.1 Å². The number of halogens is 1. The SMILES string of the molecule is CC1CN(Cc2csc(-c3cccc([N+](=O)[O-])c3)n2)CCN1.Cl. The number of nitro groups is 1. The van der Waals surface area contributed by atoms with Gasteiger partial charge in [-0.15, -0.1) is 23.7 Å². The molecule has 8 heteroatoms. The van der Waals surface area contributed by atoms with Gasteiger partial charge in [-0.05, 0) is 6.92 Å². The minimum Gasteiger partial charge on any atom is -0.312 e. The molecule has 1 aromatic carbocycles. The highest BCUT2D eigenvalue weighted by Gasteiger charge is 2.17. The zero-order chi connectivity index (χ0) is 15.5. The second-order valence-corrected chi connectivity index (χ2v) is 6.40. The van der Waals surface area contributed by atoms with Crippen molar-refractivity contribution in [1.82, 2.24) is 15.2 Å². The molecule has 0 radical (unpaired) electrons. The summed E-state index contributed by atoms with van der Waals surface area (Å²) in [6.45, 7) is 6.06. The Kier molecular flexibility index (Phi) is 6.06. The summed E-state index contributed by atoms with van der Waals surface area (Å²) in [4.78, 5) is 17.5. The number of hydrogen-bond acceptors (Lipinski definition) is 6. The number of rotatable bonds is 4. The molecule has 1 aliphatic heterocycles. The molecule has 6 nitrogen and oxygen atoms in total. The lowest BCUT2D eigenvalue weighted by Gasteiger charge is -2.31. The van der Waals surface area contributed by atoms with Crippen LogP contribution in [0.15, 0.2) is 29.6 Å². The van der Waals surface area contributed by atoms with E-state index in [1.165, 1.54) is 17.4 Å². The van der Waals surface area contributed by atoms with Crippen molar-refractivity contribution in [3.8, 4) is 10.6 Å². The van der Waals surface area contributed by atoms with E-state index in [1.54, 1.807) is 12.1 Å². The van der Waals surface area contributed by atoms with Crippen LogP contribution in [0.25, 0.3) is 10.6 Å². The molecule has 1 atom stereocenters. The monoisotopic (exact) mass is 354 g/mol. The second-order valence-electron chi connectivity index (χ2n) is 5.54.